The minimum atomic E-state index is -2.68. The zero-order valence-corrected chi connectivity index (χ0v) is 17.5. The molecule has 1 aromatic heterocycles. The van der Waals surface area contributed by atoms with Crippen molar-refractivity contribution in [3.63, 3.8) is 0 Å². The second-order valence-electron chi connectivity index (χ2n) is 10.4. The minimum absolute atomic E-state index is 0.00905. The topological polar surface area (TPSA) is 68.0 Å². The molecule has 0 aliphatic heterocycles. The molecule has 0 unspecified atom stereocenters. The zero-order valence-electron chi connectivity index (χ0n) is 17.5. The maximum atomic E-state index is 13.4. The van der Waals surface area contributed by atoms with Gasteiger partial charge in [0.25, 0.3) is 6.43 Å². The van der Waals surface area contributed by atoms with Gasteiger partial charge in [0, 0.05) is 12.3 Å². The van der Waals surface area contributed by atoms with Gasteiger partial charge in [0.15, 0.2) is 5.78 Å². The van der Waals surface area contributed by atoms with Crippen molar-refractivity contribution >= 4 is 5.78 Å². The number of fused-ring (bicyclic) bond motifs is 5. The summed E-state index contributed by atoms with van der Waals surface area (Å²) in [5.41, 5.74) is -0.775. The van der Waals surface area contributed by atoms with Gasteiger partial charge >= 0.3 is 0 Å². The average Bonchev–Trinajstić information content (AvgIpc) is 3.34. The van der Waals surface area contributed by atoms with Crippen LogP contribution in [0.5, 0.6) is 0 Å². The Labute approximate surface area is 175 Å². The predicted molar refractivity (Wildman–Crippen MR) is 107 cm³/mol. The van der Waals surface area contributed by atoms with Crippen molar-refractivity contribution in [2.24, 2.45) is 35.0 Å². The molecule has 0 aromatic carbocycles. The van der Waals surface area contributed by atoms with Crippen LogP contribution in [0.25, 0.3) is 0 Å². The molecule has 5 rings (SSSR count). The van der Waals surface area contributed by atoms with E-state index in [4.69, 9.17) is 0 Å². The second-order valence-corrected chi connectivity index (χ2v) is 10.4. The van der Waals surface area contributed by atoms with Gasteiger partial charge in [-0.2, -0.15) is 15.0 Å². The fourth-order valence-corrected chi connectivity index (χ4v) is 7.61. The normalized spacial score (nSPS) is 43.0. The first kappa shape index (κ1) is 20.3. The highest BCUT2D eigenvalue weighted by Gasteiger charge is 2.58. The molecule has 3 saturated carbocycles. The van der Waals surface area contributed by atoms with Crippen LogP contribution >= 0.6 is 0 Å². The van der Waals surface area contributed by atoms with Gasteiger partial charge in [0.1, 0.15) is 12.1 Å². The molecule has 0 bridgehead atoms. The molecule has 1 N–H and O–H groups in total. The Hall–Kier alpha value is -1.63. The number of ketones is 1. The highest BCUT2D eigenvalue weighted by atomic mass is 19.3. The second kappa shape index (κ2) is 7.21. The maximum absolute atomic E-state index is 13.4. The number of nitrogens with zero attached hydrogens (tertiary/aromatic N) is 3. The number of carbonyl (C=O) groups is 1. The number of rotatable bonds is 4. The Balaban J connectivity index is 1.34. The van der Waals surface area contributed by atoms with Crippen LogP contribution < -0.4 is 0 Å². The van der Waals surface area contributed by atoms with Crippen molar-refractivity contribution in [1.29, 1.82) is 0 Å². The number of hydrogen-bond acceptors (Lipinski definition) is 4. The van der Waals surface area contributed by atoms with E-state index in [0.717, 1.165) is 37.7 Å². The molecule has 4 aliphatic carbocycles. The number of allylic oxidation sites excluding steroid dienone is 1. The van der Waals surface area contributed by atoms with E-state index in [1.807, 2.05) is 0 Å². The lowest BCUT2D eigenvalue weighted by Gasteiger charge is -2.54. The Morgan fingerprint density at radius 2 is 1.97 bits per heavy atom. The van der Waals surface area contributed by atoms with Crippen molar-refractivity contribution in [3.8, 4) is 0 Å². The molecule has 164 valence electrons. The first-order valence-electron chi connectivity index (χ1n) is 11.4. The molecule has 1 heterocycles. The molecule has 3 fully saturated rings. The number of aliphatic hydroxyl groups is 1. The fraction of sp³-hybridized carbons (Fsp3) is 0.783. The molecule has 4 aliphatic rings. The van der Waals surface area contributed by atoms with Crippen molar-refractivity contribution in [1.82, 2.24) is 15.0 Å². The Morgan fingerprint density at radius 3 is 2.70 bits per heavy atom. The quantitative estimate of drug-likeness (QED) is 0.748. The van der Waals surface area contributed by atoms with E-state index in [9.17, 15) is 18.7 Å². The molecule has 5 nitrogen and oxygen atoms in total. The van der Waals surface area contributed by atoms with Crippen molar-refractivity contribution < 1.29 is 18.7 Å². The monoisotopic (exact) mass is 419 g/mol. The van der Waals surface area contributed by atoms with Crippen LogP contribution in [-0.2, 0) is 11.3 Å². The Morgan fingerprint density at radius 1 is 1.20 bits per heavy atom. The third kappa shape index (κ3) is 3.07. The highest BCUT2D eigenvalue weighted by molar-refractivity contribution is 5.82. The third-order valence-corrected chi connectivity index (χ3v) is 9.10. The summed E-state index contributed by atoms with van der Waals surface area (Å²) in [6.07, 6.45) is 8.61. The van der Waals surface area contributed by atoms with E-state index in [-0.39, 0.29) is 36.5 Å². The van der Waals surface area contributed by atoms with E-state index in [0.29, 0.717) is 30.1 Å². The summed E-state index contributed by atoms with van der Waals surface area (Å²) in [6, 6.07) is 0. The zero-order chi connectivity index (χ0) is 21.1. The summed E-state index contributed by atoms with van der Waals surface area (Å²) in [4.78, 5) is 14.6. The lowest BCUT2D eigenvalue weighted by Crippen LogP contribution is -2.50. The SMILES string of the molecule is C[C@]12CC[C@H]3[C@@H](CC=C4C[C@@](O)(C(F)F)CC[C@@H]43)[C@@H]1CC[C@@H]2C(=O)Cn1nccn1. The summed E-state index contributed by atoms with van der Waals surface area (Å²) in [6.45, 7) is 2.54. The number of Topliss-reactive ketones (excluding diaryl/α,β-unsaturated/α-hetero) is 1. The van der Waals surface area contributed by atoms with E-state index < -0.39 is 12.0 Å². The van der Waals surface area contributed by atoms with E-state index in [1.54, 1.807) is 12.4 Å². The van der Waals surface area contributed by atoms with Gasteiger partial charge in [0.2, 0.25) is 0 Å². The third-order valence-electron chi connectivity index (χ3n) is 9.10. The summed E-state index contributed by atoms with van der Waals surface area (Å²) >= 11 is 0. The summed E-state index contributed by atoms with van der Waals surface area (Å²) in [5.74, 6) is 2.15. The largest absolute Gasteiger partial charge is 0.384 e. The molecule has 0 radical (unpaired) electrons. The van der Waals surface area contributed by atoms with Crippen LogP contribution in [-0.4, -0.2) is 37.9 Å². The Bertz CT molecular complexity index is 842. The standard InChI is InChI=1S/C23H31F2N3O2/c1-22-8-6-16-15-7-9-23(30,21(24)25)12-14(15)2-3-17(16)18(22)4-5-19(22)20(29)13-28-26-10-11-27-28/h2,10-11,15-19,21,30H,3-9,12-13H2,1H3/t15-,16+,17+,18-,19+,22-,23+/m0/s1. The van der Waals surface area contributed by atoms with Gasteiger partial charge in [-0.25, -0.2) is 8.78 Å². The van der Waals surface area contributed by atoms with Crippen molar-refractivity contribution in [2.75, 3.05) is 0 Å². The van der Waals surface area contributed by atoms with Crippen LogP contribution in [0.3, 0.4) is 0 Å². The summed E-state index contributed by atoms with van der Waals surface area (Å²) in [7, 11) is 0. The lowest BCUT2D eigenvalue weighted by molar-refractivity contribution is -0.131. The first-order valence-corrected chi connectivity index (χ1v) is 11.4. The smallest absolute Gasteiger partial charge is 0.267 e. The fourth-order valence-electron chi connectivity index (χ4n) is 7.61. The van der Waals surface area contributed by atoms with Gasteiger partial charge in [0.05, 0.1) is 12.4 Å². The van der Waals surface area contributed by atoms with Crippen LogP contribution in [0.2, 0.25) is 0 Å². The van der Waals surface area contributed by atoms with Crippen LogP contribution in [0.15, 0.2) is 24.0 Å². The number of hydrogen-bond donors (Lipinski definition) is 1. The van der Waals surface area contributed by atoms with E-state index in [1.165, 1.54) is 4.80 Å². The Kier molecular flexibility index (Phi) is 4.88. The molecule has 1 aromatic rings. The first-order chi connectivity index (χ1) is 14.3. The van der Waals surface area contributed by atoms with Gasteiger partial charge in [-0.1, -0.05) is 18.6 Å². The average molecular weight is 420 g/mol. The molecule has 0 spiro atoms. The van der Waals surface area contributed by atoms with Gasteiger partial charge < -0.3 is 5.11 Å². The van der Waals surface area contributed by atoms with Crippen molar-refractivity contribution in [2.45, 2.75) is 76.9 Å². The van der Waals surface area contributed by atoms with E-state index >= 15 is 0 Å². The van der Waals surface area contributed by atoms with E-state index in [2.05, 4.69) is 23.2 Å². The predicted octanol–water partition coefficient (Wildman–Crippen LogP) is 4.03. The van der Waals surface area contributed by atoms with Crippen molar-refractivity contribution in [3.05, 3.63) is 24.0 Å². The van der Waals surface area contributed by atoms with Gasteiger partial charge in [-0.15, -0.1) is 0 Å². The number of halogens is 2. The van der Waals surface area contributed by atoms with Crippen LogP contribution in [0.1, 0.15) is 58.3 Å². The summed E-state index contributed by atoms with van der Waals surface area (Å²) < 4.78 is 26.7. The number of alkyl halides is 2. The van der Waals surface area contributed by atoms with Crippen LogP contribution in [0, 0.1) is 35.0 Å². The molecular weight excluding hydrogens is 388 g/mol. The molecular formula is C23H31F2N3O2. The van der Waals surface area contributed by atoms with Crippen LogP contribution in [0.4, 0.5) is 8.78 Å². The van der Waals surface area contributed by atoms with Gasteiger partial charge in [-0.3, -0.25) is 4.79 Å². The maximum Gasteiger partial charge on any atom is 0.267 e. The highest BCUT2D eigenvalue weighted by Crippen LogP contribution is 2.63. The summed E-state index contributed by atoms with van der Waals surface area (Å²) in [5, 5.41) is 18.5. The molecule has 30 heavy (non-hydrogen) atoms. The molecule has 7 atom stereocenters. The van der Waals surface area contributed by atoms with Gasteiger partial charge in [-0.05, 0) is 74.0 Å². The lowest BCUT2D eigenvalue weighted by atomic mass is 9.51. The minimum Gasteiger partial charge on any atom is -0.384 e. The number of carbonyl (C=O) groups excluding carboxylic acids is 1. The molecule has 7 heteroatoms. The molecule has 0 saturated heterocycles. The molecule has 0 amide bonds. The number of aromatic nitrogens is 3.